The van der Waals surface area contributed by atoms with Crippen molar-refractivity contribution in [2.75, 3.05) is 26.7 Å². The molecule has 0 aliphatic carbocycles. The van der Waals surface area contributed by atoms with Crippen LogP contribution in [0.25, 0.3) is 0 Å². The summed E-state index contributed by atoms with van der Waals surface area (Å²) in [7, 11) is 2.09. The fourth-order valence-electron chi connectivity index (χ4n) is 0.858. The topological polar surface area (TPSA) is 29.5 Å². The Labute approximate surface area is 74.7 Å². The molecule has 0 aromatic heterocycles. The van der Waals surface area contributed by atoms with Gasteiger partial charge < -0.3 is 9.64 Å². The predicted molar refractivity (Wildman–Crippen MR) is 49.0 cm³/mol. The van der Waals surface area contributed by atoms with Gasteiger partial charge in [-0.25, -0.2) is 0 Å². The van der Waals surface area contributed by atoms with Crippen molar-refractivity contribution in [3.05, 3.63) is 0 Å². The van der Waals surface area contributed by atoms with Gasteiger partial charge in [-0.05, 0) is 33.0 Å². The van der Waals surface area contributed by atoms with Crippen LogP contribution in [0.15, 0.2) is 0 Å². The van der Waals surface area contributed by atoms with Gasteiger partial charge in [0.2, 0.25) is 0 Å². The average Bonchev–Trinajstić information content (AvgIpc) is 2.03. The van der Waals surface area contributed by atoms with Gasteiger partial charge in [-0.3, -0.25) is 4.79 Å². The zero-order valence-electron chi connectivity index (χ0n) is 8.30. The molecule has 72 valence electrons. The summed E-state index contributed by atoms with van der Waals surface area (Å²) in [6.07, 6.45) is 2.06. The number of unbranched alkanes of at least 4 members (excludes halogenated alkanes) is 1. The highest BCUT2D eigenvalue weighted by Crippen LogP contribution is 1.93. The molecule has 0 heterocycles. The molecule has 0 saturated heterocycles. The fraction of sp³-hybridized carbons (Fsp3) is 0.889. The van der Waals surface area contributed by atoms with E-state index >= 15 is 0 Å². The Bertz CT molecular complexity index is 126. The molecular formula is C9H19NO2. The minimum atomic E-state index is -0.182. The Hall–Kier alpha value is -0.570. The highest BCUT2D eigenvalue weighted by molar-refractivity contribution is 5.65. The van der Waals surface area contributed by atoms with Crippen LogP contribution in [0.4, 0.5) is 0 Å². The quantitative estimate of drug-likeness (QED) is 0.447. The Morgan fingerprint density at radius 2 is 2.08 bits per heavy atom. The zero-order chi connectivity index (χ0) is 9.40. The van der Waals surface area contributed by atoms with E-state index in [0.717, 1.165) is 25.9 Å². The third-order valence-corrected chi connectivity index (χ3v) is 1.78. The van der Waals surface area contributed by atoms with Crippen molar-refractivity contribution in [3.8, 4) is 0 Å². The van der Waals surface area contributed by atoms with Gasteiger partial charge in [0.1, 0.15) is 0 Å². The second kappa shape index (κ2) is 7.10. The largest absolute Gasteiger partial charge is 0.466 e. The van der Waals surface area contributed by atoms with Gasteiger partial charge in [0, 0.05) is 6.92 Å². The number of esters is 1. The SMILES string of the molecule is CCN(C)CCCCOC(C)=O. The van der Waals surface area contributed by atoms with E-state index in [2.05, 4.69) is 18.9 Å². The molecule has 0 aromatic carbocycles. The van der Waals surface area contributed by atoms with Crippen LogP contribution < -0.4 is 0 Å². The second-order valence-corrected chi connectivity index (χ2v) is 2.94. The molecule has 0 bridgehead atoms. The van der Waals surface area contributed by atoms with E-state index in [1.54, 1.807) is 0 Å². The number of carbonyl (C=O) groups is 1. The van der Waals surface area contributed by atoms with Gasteiger partial charge in [0.25, 0.3) is 0 Å². The molecule has 0 unspecified atom stereocenters. The summed E-state index contributed by atoms with van der Waals surface area (Å²) in [5.41, 5.74) is 0. The molecule has 0 spiro atoms. The third-order valence-electron chi connectivity index (χ3n) is 1.78. The van der Waals surface area contributed by atoms with E-state index in [-0.39, 0.29) is 5.97 Å². The summed E-state index contributed by atoms with van der Waals surface area (Å²) < 4.78 is 4.80. The maximum Gasteiger partial charge on any atom is 0.302 e. The standard InChI is InChI=1S/C9H19NO2/c1-4-10(3)7-5-6-8-12-9(2)11/h4-8H2,1-3H3. The Morgan fingerprint density at radius 3 is 2.58 bits per heavy atom. The van der Waals surface area contributed by atoms with E-state index in [1.807, 2.05) is 0 Å². The molecule has 0 aliphatic rings. The van der Waals surface area contributed by atoms with Gasteiger partial charge in [-0.2, -0.15) is 0 Å². The molecule has 0 fully saturated rings. The van der Waals surface area contributed by atoms with Crippen molar-refractivity contribution in [2.24, 2.45) is 0 Å². The Kier molecular flexibility index (Phi) is 6.76. The van der Waals surface area contributed by atoms with E-state index < -0.39 is 0 Å². The summed E-state index contributed by atoms with van der Waals surface area (Å²) in [4.78, 5) is 12.6. The molecule has 12 heavy (non-hydrogen) atoms. The van der Waals surface area contributed by atoms with E-state index in [9.17, 15) is 4.79 Å². The van der Waals surface area contributed by atoms with Crippen LogP contribution in [0.3, 0.4) is 0 Å². The highest BCUT2D eigenvalue weighted by Gasteiger charge is 1.95. The zero-order valence-corrected chi connectivity index (χ0v) is 8.30. The van der Waals surface area contributed by atoms with Gasteiger partial charge in [0.05, 0.1) is 6.61 Å². The smallest absolute Gasteiger partial charge is 0.302 e. The number of rotatable bonds is 6. The van der Waals surface area contributed by atoms with Crippen LogP contribution in [0, 0.1) is 0 Å². The first kappa shape index (κ1) is 11.4. The molecule has 3 heteroatoms. The van der Waals surface area contributed by atoms with Gasteiger partial charge in [0.15, 0.2) is 0 Å². The van der Waals surface area contributed by atoms with Crippen LogP contribution in [-0.2, 0) is 9.53 Å². The van der Waals surface area contributed by atoms with Crippen LogP contribution in [0.5, 0.6) is 0 Å². The molecule has 0 amide bonds. The molecule has 0 radical (unpaired) electrons. The maximum absolute atomic E-state index is 10.4. The lowest BCUT2D eigenvalue weighted by Gasteiger charge is -2.12. The first-order valence-electron chi connectivity index (χ1n) is 4.48. The summed E-state index contributed by atoms with van der Waals surface area (Å²) in [6, 6.07) is 0. The monoisotopic (exact) mass is 173 g/mol. The molecule has 0 saturated carbocycles. The van der Waals surface area contributed by atoms with Gasteiger partial charge in [-0.15, -0.1) is 0 Å². The lowest BCUT2D eigenvalue weighted by Crippen LogP contribution is -2.19. The lowest BCUT2D eigenvalue weighted by molar-refractivity contribution is -0.141. The molecule has 0 aromatic rings. The van der Waals surface area contributed by atoms with Crippen LogP contribution >= 0.6 is 0 Å². The van der Waals surface area contributed by atoms with Gasteiger partial charge >= 0.3 is 5.97 Å². The normalized spacial score (nSPS) is 10.3. The second-order valence-electron chi connectivity index (χ2n) is 2.94. The minimum absolute atomic E-state index is 0.182. The number of hydrogen-bond acceptors (Lipinski definition) is 3. The van der Waals surface area contributed by atoms with Crippen molar-refractivity contribution in [1.29, 1.82) is 0 Å². The summed E-state index contributed by atoms with van der Waals surface area (Å²) in [6.45, 7) is 6.29. The Balaban J connectivity index is 3.05. The van der Waals surface area contributed by atoms with Crippen LogP contribution in [0.1, 0.15) is 26.7 Å². The van der Waals surface area contributed by atoms with Crippen molar-refractivity contribution in [3.63, 3.8) is 0 Å². The maximum atomic E-state index is 10.4. The summed E-state index contributed by atoms with van der Waals surface area (Å²) in [5.74, 6) is -0.182. The molecule has 0 rings (SSSR count). The number of carbonyl (C=O) groups excluding carboxylic acids is 1. The van der Waals surface area contributed by atoms with E-state index in [4.69, 9.17) is 4.74 Å². The molecule has 0 aliphatic heterocycles. The molecule has 0 atom stereocenters. The highest BCUT2D eigenvalue weighted by atomic mass is 16.5. The average molecular weight is 173 g/mol. The van der Waals surface area contributed by atoms with Crippen molar-refractivity contribution >= 4 is 5.97 Å². The number of hydrogen-bond donors (Lipinski definition) is 0. The molecular weight excluding hydrogens is 154 g/mol. The van der Waals surface area contributed by atoms with Gasteiger partial charge in [-0.1, -0.05) is 6.92 Å². The molecule has 0 N–H and O–H groups in total. The number of nitrogens with zero attached hydrogens (tertiary/aromatic N) is 1. The Morgan fingerprint density at radius 1 is 1.42 bits per heavy atom. The first-order chi connectivity index (χ1) is 5.66. The van der Waals surface area contributed by atoms with Crippen molar-refractivity contribution < 1.29 is 9.53 Å². The lowest BCUT2D eigenvalue weighted by atomic mass is 10.3. The predicted octanol–water partition coefficient (Wildman–Crippen LogP) is 1.28. The van der Waals surface area contributed by atoms with Crippen molar-refractivity contribution in [2.45, 2.75) is 26.7 Å². The van der Waals surface area contributed by atoms with Crippen molar-refractivity contribution in [1.82, 2.24) is 4.90 Å². The van der Waals surface area contributed by atoms with Crippen LogP contribution in [0.2, 0.25) is 0 Å². The third kappa shape index (κ3) is 7.54. The molecule has 3 nitrogen and oxygen atoms in total. The minimum Gasteiger partial charge on any atom is -0.466 e. The summed E-state index contributed by atoms with van der Waals surface area (Å²) in [5, 5.41) is 0. The fourth-order valence-corrected chi connectivity index (χ4v) is 0.858. The van der Waals surface area contributed by atoms with E-state index in [0.29, 0.717) is 6.61 Å². The van der Waals surface area contributed by atoms with E-state index in [1.165, 1.54) is 6.92 Å². The number of ether oxygens (including phenoxy) is 1. The summed E-state index contributed by atoms with van der Waals surface area (Å²) >= 11 is 0. The van der Waals surface area contributed by atoms with Crippen LogP contribution in [-0.4, -0.2) is 37.6 Å². The first-order valence-corrected chi connectivity index (χ1v) is 4.48.